The van der Waals surface area contributed by atoms with Crippen molar-refractivity contribution in [1.82, 2.24) is 20.1 Å². The Kier molecular flexibility index (Phi) is 3.51. The quantitative estimate of drug-likeness (QED) is 0.755. The largest absolute Gasteiger partial charge is 0.336 e. The molecule has 3 N–H and O–H groups in total. The maximum atomic E-state index is 12.0. The first-order chi connectivity index (χ1) is 7.81. The van der Waals surface area contributed by atoms with Crippen LogP contribution in [0.25, 0.3) is 0 Å². The highest BCUT2D eigenvalue weighted by Gasteiger charge is 2.25. The number of rotatable bonds is 3. The lowest BCUT2D eigenvalue weighted by Crippen LogP contribution is -2.40. The molecule has 2 rings (SSSR count). The molecular formula is C10H17N5O. The first-order valence-corrected chi connectivity index (χ1v) is 5.66. The van der Waals surface area contributed by atoms with E-state index in [0.29, 0.717) is 18.3 Å². The number of nitrogens with two attached hydrogens (primary N) is 1. The van der Waals surface area contributed by atoms with Crippen molar-refractivity contribution >= 4 is 5.91 Å². The second-order valence-electron chi connectivity index (χ2n) is 4.17. The number of nitrogens with zero attached hydrogens (tertiary/aromatic N) is 3. The first kappa shape index (κ1) is 11.1. The molecule has 0 aromatic carbocycles. The number of likely N-dealkylation sites (tertiary alicyclic amines) is 1. The molecule has 1 atom stereocenters. The third-order valence-corrected chi connectivity index (χ3v) is 3.00. The Morgan fingerprint density at radius 2 is 2.56 bits per heavy atom. The lowest BCUT2D eigenvalue weighted by Gasteiger charge is -2.31. The highest BCUT2D eigenvalue weighted by atomic mass is 16.2. The van der Waals surface area contributed by atoms with Crippen molar-refractivity contribution in [3.05, 3.63) is 12.2 Å². The molecule has 0 spiro atoms. The Morgan fingerprint density at radius 3 is 3.25 bits per heavy atom. The van der Waals surface area contributed by atoms with Crippen molar-refractivity contribution < 1.29 is 4.79 Å². The lowest BCUT2D eigenvalue weighted by atomic mass is 9.95. The van der Waals surface area contributed by atoms with Crippen LogP contribution in [-0.4, -0.2) is 45.6 Å². The van der Waals surface area contributed by atoms with Crippen LogP contribution in [0.5, 0.6) is 0 Å². The predicted octanol–water partition coefficient (Wildman–Crippen LogP) is 0.00570. The molecule has 1 saturated heterocycles. The molecule has 0 bridgehead atoms. The third-order valence-electron chi connectivity index (χ3n) is 3.00. The molecule has 0 aliphatic carbocycles. The van der Waals surface area contributed by atoms with Crippen LogP contribution in [0.2, 0.25) is 0 Å². The maximum Gasteiger partial charge on any atom is 0.291 e. The number of piperidine rings is 1. The number of hydrogen-bond donors (Lipinski definition) is 2. The number of aromatic nitrogens is 3. The van der Waals surface area contributed by atoms with Gasteiger partial charge in [0, 0.05) is 13.1 Å². The van der Waals surface area contributed by atoms with E-state index in [-0.39, 0.29) is 5.91 Å². The summed E-state index contributed by atoms with van der Waals surface area (Å²) in [7, 11) is 0. The van der Waals surface area contributed by atoms with Gasteiger partial charge in [-0.15, -0.1) is 0 Å². The molecule has 0 radical (unpaired) electrons. The van der Waals surface area contributed by atoms with Gasteiger partial charge in [-0.2, -0.15) is 5.10 Å². The molecule has 6 nitrogen and oxygen atoms in total. The third kappa shape index (κ3) is 2.38. The summed E-state index contributed by atoms with van der Waals surface area (Å²) in [5.41, 5.74) is 5.54. The van der Waals surface area contributed by atoms with Crippen LogP contribution in [0, 0.1) is 5.92 Å². The van der Waals surface area contributed by atoms with Gasteiger partial charge in [0.15, 0.2) is 0 Å². The summed E-state index contributed by atoms with van der Waals surface area (Å²) in [6, 6.07) is 0. The fourth-order valence-corrected chi connectivity index (χ4v) is 2.18. The predicted molar refractivity (Wildman–Crippen MR) is 58.7 cm³/mol. The average Bonchev–Trinajstić information content (AvgIpc) is 2.82. The molecule has 1 aromatic heterocycles. The van der Waals surface area contributed by atoms with E-state index in [9.17, 15) is 4.79 Å². The Bertz CT molecular complexity index is 335. The zero-order chi connectivity index (χ0) is 11.4. The number of amides is 1. The minimum Gasteiger partial charge on any atom is -0.336 e. The smallest absolute Gasteiger partial charge is 0.291 e. The molecule has 1 aromatic rings. The fraction of sp³-hybridized carbons (Fsp3) is 0.700. The van der Waals surface area contributed by atoms with Crippen LogP contribution in [0.15, 0.2) is 6.33 Å². The second-order valence-corrected chi connectivity index (χ2v) is 4.17. The van der Waals surface area contributed by atoms with E-state index < -0.39 is 0 Å². The number of aromatic amines is 1. The molecule has 1 fully saturated rings. The van der Waals surface area contributed by atoms with Gasteiger partial charge >= 0.3 is 0 Å². The molecule has 88 valence electrons. The minimum absolute atomic E-state index is 0.0563. The van der Waals surface area contributed by atoms with E-state index in [2.05, 4.69) is 15.2 Å². The minimum atomic E-state index is -0.0563. The van der Waals surface area contributed by atoms with E-state index in [1.54, 1.807) is 0 Å². The van der Waals surface area contributed by atoms with Crippen molar-refractivity contribution in [2.45, 2.75) is 19.3 Å². The topological polar surface area (TPSA) is 87.9 Å². The van der Waals surface area contributed by atoms with E-state index >= 15 is 0 Å². The summed E-state index contributed by atoms with van der Waals surface area (Å²) >= 11 is 0. The van der Waals surface area contributed by atoms with Gasteiger partial charge in [0.2, 0.25) is 5.82 Å². The van der Waals surface area contributed by atoms with Crippen molar-refractivity contribution in [2.75, 3.05) is 19.6 Å². The Morgan fingerprint density at radius 1 is 1.69 bits per heavy atom. The molecule has 1 unspecified atom stereocenters. The lowest BCUT2D eigenvalue weighted by molar-refractivity contribution is 0.0657. The Balaban J connectivity index is 1.96. The van der Waals surface area contributed by atoms with Crippen molar-refractivity contribution in [3.8, 4) is 0 Å². The van der Waals surface area contributed by atoms with E-state index in [1.165, 1.54) is 6.33 Å². The molecule has 16 heavy (non-hydrogen) atoms. The van der Waals surface area contributed by atoms with Crippen LogP contribution in [-0.2, 0) is 0 Å². The summed E-state index contributed by atoms with van der Waals surface area (Å²) in [5.74, 6) is 0.804. The van der Waals surface area contributed by atoms with Gasteiger partial charge in [-0.05, 0) is 31.7 Å². The van der Waals surface area contributed by atoms with Crippen LogP contribution < -0.4 is 5.73 Å². The maximum absolute atomic E-state index is 12.0. The highest BCUT2D eigenvalue weighted by Crippen LogP contribution is 2.19. The van der Waals surface area contributed by atoms with Gasteiger partial charge in [-0.25, -0.2) is 4.98 Å². The molecule has 6 heteroatoms. The van der Waals surface area contributed by atoms with Gasteiger partial charge in [-0.3, -0.25) is 9.89 Å². The van der Waals surface area contributed by atoms with Crippen LogP contribution >= 0.6 is 0 Å². The van der Waals surface area contributed by atoms with Crippen LogP contribution in [0.4, 0.5) is 0 Å². The normalized spacial score (nSPS) is 21.1. The van der Waals surface area contributed by atoms with Gasteiger partial charge in [0.05, 0.1) is 0 Å². The average molecular weight is 223 g/mol. The zero-order valence-electron chi connectivity index (χ0n) is 9.22. The Labute approximate surface area is 94.2 Å². The summed E-state index contributed by atoms with van der Waals surface area (Å²) in [6.07, 6.45) is 4.55. The summed E-state index contributed by atoms with van der Waals surface area (Å²) in [4.78, 5) is 17.7. The summed E-state index contributed by atoms with van der Waals surface area (Å²) in [6.45, 7) is 2.28. The van der Waals surface area contributed by atoms with Crippen LogP contribution in [0.3, 0.4) is 0 Å². The van der Waals surface area contributed by atoms with Crippen molar-refractivity contribution in [2.24, 2.45) is 11.7 Å². The second kappa shape index (κ2) is 5.07. The number of hydrogen-bond acceptors (Lipinski definition) is 4. The van der Waals surface area contributed by atoms with Crippen molar-refractivity contribution in [1.29, 1.82) is 0 Å². The molecule has 2 heterocycles. The van der Waals surface area contributed by atoms with Gasteiger partial charge in [0.1, 0.15) is 6.33 Å². The first-order valence-electron chi connectivity index (χ1n) is 5.66. The van der Waals surface area contributed by atoms with E-state index in [4.69, 9.17) is 5.73 Å². The molecule has 1 aliphatic rings. The van der Waals surface area contributed by atoms with Crippen LogP contribution in [0.1, 0.15) is 29.9 Å². The number of carbonyl (C=O) groups is 1. The molecule has 1 amide bonds. The summed E-state index contributed by atoms with van der Waals surface area (Å²) < 4.78 is 0. The van der Waals surface area contributed by atoms with E-state index in [0.717, 1.165) is 32.4 Å². The Hall–Kier alpha value is -1.43. The van der Waals surface area contributed by atoms with Gasteiger partial charge in [0.25, 0.3) is 5.91 Å². The fourth-order valence-electron chi connectivity index (χ4n) is 2.18. The van der Waals surface area contributed by atoms with Crippen molar-refractivity contribution in [3.63, 3.8) is 0 Å². The molecule has 1 aliphatic heterocycles. The SMILES string of the molecule is NCCC1CCCN(C(=O)c2ncn[nH]2)C1. The highest BCUT2D eigenvalue weighted by molar-refractivity contribution is 5.90. The van der Waals surface area contributed by atoms with Gasteiger partial charge in [-0.1, -0.05) is 0 Å². The standard InChI is InChI=1S/C10H17N5O/c11-4-3-8-2-1-5-15(6-8)10(16)9-12-7-13-14-9/h7-8H,1-6,11H2,(H,12,13,14). The molecular weight excluding hydrogens is 206 g/mol. The summed E-state index contributed by atoms with van der Waals surface area (Å²) in [5, 5.41) is 6.29. The number of H-pyrrole nitrogens is 1. The zero-order valence-corrected chi connectivity index (χ0v) is 9.22. The molecule has 0 saturated carbocycles. The monoisotopic (exact) mass is 223 g/mol. The number of carbonyl (C=O) groups excluding carboxylic acids is 1. The van der Waals surface area contributed by atoms with Gasteiger partial charge < -0.3 is 10.6 Å². The number of nitrogens with one attached hydrogen (secondary N) is 1. The van der Waals surface area contributed by atoms with E-state index in [1.807, 2.05) is 4.90 Å².